The Bertz CT molecular complexity index is 195. The van der Waals surface area contributed by atoms with Gasteiger partial charge in [-0.15, -0.1) is 0 Å². The number of carbonyl (C=O) groups excluding carboxylic acids is 1. The summed E-state index contributed by atoms with van der Waals surface area (Å²) in [5, 5.41) is 0. The fraction of sp³-hybridized carbons (Fsp3) is 0.889. The Kier molecular flexibility index (Phi) is 2.17. The monoisotopic (exact) mass is 171 g/mol. The third-order valence-corrected chi connectivity index (χ3v) is 2.42. The molecule has 1 rings (SSSR count). The molecule has 0 unspecified atom stereocenters. The predicted octanol–water partition coefficient (Wildman–Crippen LogP) is 1.21. The van der Waals surface area contributed by atoms with Gasteiger partial charge in [-0.2, -0.15) is 0 Å². The number of nitrogens with two attached hydrogens (primary N) is 1. The largest absolute Gasteiger partial charge is 0.458 e. The van der Waals surface area contributed by atoms with Crippen molar-refractivity contribution in [1.82, 2.24) is 0 Å². The van der Waals surface area contributed by atoms with Gasteiger partial charge in [0.15, 0.2) is 0 Å². The molecule has 1 aliphatic carbocycles. The molecule has 3 heteroatoms. The van der Waals surface area contributed by atoms with Crippen molar-refractivity contribution in [3.8, 4) is 0 Å². The van der Waals surface area contributed by atoms with Gasteiger partial charge in [-0.1, -0.05) is 6.92 Å². The van der Waals surface area contributed by atoms with Crippen LogP contribution in [0.1, 0.15) is 40.0 Å². The van der Waals surface area contributed by atoms with E-state index < -0.39 is 5.54 Å². The molecule has 0 aromatic heterocycles. The van der Waals surface area contributed by atoms with Crippen molar-refractivity contribution < 1.29 is 9.53 Å². The standard InChI is InChI=1S/C9H17NO2/c1-4-8(2,3)12-7(11)9(10)5-6-9/h4-6,10H2,1-3H3. The smallest absolute Gasteiger partial charge is 0.326 e. The quantitative estimate of drug-likeness (QED) is 0.649. The van der Waals surface area contributed by atoms with Crippen LogP contribution in [-0.2, 0) is 9.53 Å². The number of rotatable bonds is 3. The Morgan fingerprint density at radius 2 is 2.08 bits per heavy atom. The van der Waals surface area contributed by atoms with Crippen LogP contribution in [0.5, 0.6) is 0 Å². The van der Waals surface area contributed by atoms with Crippen LogP contribution in [0.2, 0.25) is 0 Å². The maximum atomic E-state index is 11.4. The lowest BCUT2D eigenvalue weighted by atomic mass is 10.1. The summed E-state index contributed by atoms with van der Waals surface area (Å²) < 4.78 is 5.25. The second-order valence-corrected chi connectivity index (χ2v) is 4.16. The van der Waals surface area contributed by atoms with Crippen LogP contribution in [0.3, 0.4) is 0 Å². The van der Waals surface area contributed by atoms with Gasteiger partial charge in [0.25, 0.3) is 0 Å². The van der Waals surface area contributed by atoms with E-state index in [0.717, 1.165) is 19.3 Å². The number of hydrogen-bond acceptors (Lipinski definition) is 3. The molecule has 3 nitrogen and oxygen atoms in total. The minimum atomic E-state index is -0.646. The Hall–Kier alpha value is -0.570. The lowest BCUT2D eigenvalue weighted by Gasteiger charge is -2.25. The van der Waals surface area contributed by atoms with Gasteiger partial charge in [0, 0.05) is 0 Å². The molecule has 0 radical (unpaired) electrons. The fourth-order valence-corrected chi connectivity index (χ4v) is 0.764. The Morgan fingerprint density at radius 1 is 1.58 bits per heavy atom. The maximum absolute atomic E-state index is 11.4. The van der Waals surface area contributed by atoms with Crippen LogP contribution in [-0.4, -0.2) is 17.1 Å². The van der Waals surface area contributed by atoms with Crippen LogP contribution in [0.4, 0.5) is 0 Å². The van der Waals surface area contributed by atoms with E-state index in [1.54, 1.807) is 0 Å². The van der Waals surface area contributed by atoms with Crippen LogP contribution in [0, 0.1) is 0 Å². The number of hydrogen-bond donors (Lipinski definition) is 1. The molecule has 1 saturated carbocycles. The molecule has 0 aliphatic heterocycles. The van der Waals surface area contributed by atoms with Crippen molar-refractivity contribution in [1.29, 1.82) is 0 Å². The van der Waals surface area contributed by atoms with E-state index in [2.05, 4.69) is 0 Å². The molecule has 12 heavy (non-hydrogen) atoms. The van der Waals surface area contributed by atoms with Crippen molar-refractivity contribution in [2.24, 2.45) is 5.73 Å². The average Bonchev–Trinajstić information content (AvgIpc) is 2.69. The third kappa shape index (κ3) is 1.97. The van der Waals surface area contributed by atoms with Gasteiger partial charge in [0.1, 0.15) is 11.1 Å². The number of ether oxygens (including phenoxy) is 1. The molecule has 0 spiro atoms. The van der Waals surface area contributed by atoms with Crippen molar-refractivity contribution in [3.63, 3.8) is 0 Å². The van der Waals surface area contributed by atoms with Crippen LogP contribution in [0.15, 0.2) is 0 Å². The molecule has 1 aliphatic rings. The van der Waals surface area contributed by atoms with Crippen LogP contribution in [0.25, 0.3) is 0 Å². The molecule has 70 valence electrons. The van der Waals surface area contributed by atoms with Crippen LogP contribution >= 0.6 is 0 Å². The average molecular weight is 171 g/mol. The Morgan fingerprint density at radius 3 is 2.42 bits per heavy atom. The second-order valence-electron chi connectivity index (χ2n) is 4.16. The lowest BCUT2D eigenvalue weighted by Crippen LogP contribution is -2.40. The van der Waals surface area contributed by atoms with E-state index >= 15 is 0 Å². The fourth-order valence-electron chi connectivity index (χ4n) is 0.764. The second kappa shape index (κ2) is 2.73. The molecule has 0 heterocycles. The summed E-state index contributed by atoms with van der Waals surface area (Å²) in [7, 11) is 0. The molecule has 0 saturated heterocycles. The molecule has 0 aromatic rings. The maximum Gasteiger partial charge on any atom is 0.326 e. The highest BCUT2D eigenvalue weighted by molar-refractivity contribution is 5.84. The van der Waals surface area contributed by atoms with Crippen molar-refractivity contribution in [3.05, 3.63) is 0 Å². The molecule has 0 bridgehead atoms. The van der Waals surface area contributed by atoms with Crippen LogP contribution < -0.4 is 5.73 Å². The highest BCUT2D eigenvalue weighted by Crippen LogP contribution is 2.35. The van der Waals surface area contributed by atoms with Gasteiger partial charge in [-0.25, -0.2) is 0 Å². The van der Waals surface area contributed by atoms with E-state index in [1.165, 1.54) is 0 Å². The van der Waals surface area contributed by atoms with Gasteiger partial charge in [0.05, 0.1) is 0 Å². The van der Waals surface area contributed by atoms with E-state index in [0.29, 0.717) is 0 Å². The highest BCUT2D eigenvalue weighted by atomic mass is 16.6. The Labute approximate surface area is 73.3 Å². The lowest BCUT2D eigenvalue weighted by molar-refractivity contribution is -0.159. The molecule has 1 fully saturated rings. The summed E-state index contributed by atoms with van der Waals surface area (Å²) in [6.45, 7) is 5.79. The van der Waals surface area contributed by atoms with Gasteiger partial charge in [-0.05, 0) is 33.1 Å². The number of carbonyl (C=O) groups is 1. The van der Waals surface area contributed by atoms with E-state index in [4.69, 9.17) is 10.5 Å². The van der Waals surface area contributed by atoms with Crippen molar-refractivity contribution in [2.45, 2.75) is 51.2 Å². The summed E-state index contributed by atoms with van der Waals surface area (Å²) >= 11 is 0. The van der Waals surface area contributed by atoms with E-state index in [-0.39, 0.29) is 11.6 Å². The van der Waals surface area contributed by atoms with E-state index in [9.17, 15) is 4.79 Å². The third-order valence-electron chi connectivity index (χ3n) is 2.42. The van der Waals surface area contributed by atoms with Crippen molar-refractivity contribution in [2.75, 3.05) is 0 Å². The van der Waals surface area contributed by atoms with Gasteiger partial charge in [-0.3, -0.25) is 4.79 Å². The SMILES string of the molecule is CCC(C)(C)OC(=O)C1(N)CC1. The number of esters is 1. The zero-order valence-corrected chi connectivity index (χ0v) is 8.02. The van der Waals surface area contributed by atoms with Gasteiger partial charge < -0.3 is 10.5 Å². The minimum absolute atomic E-state index is 0.241. The summed E-state index contributed by atoms with van der Waals surface area (Å²) in [6.07, 6.45) is 2.35. The first-order valence-corrected chi connectivity index (χ1v) is 4.42. The highest BCUT2D eigenvalue weighted by Gasteiger charge is 2.48. The minimum Gasteiger partial charge on any atom is -0.458 e. The Balaban J connectivity index is 2.46. The molecular weight excluding hydrogens is 154 g/mol. The zero-order valence-electron chi connectivity index (χ0n) is 8.02. The molecule has 0 amide bonds. The molecular formula is C9H17NO2. The molecule has 0 atom stereocenters. The van der Waals surface area contributed by atoms with Gasteiger partial charge in [0.2, 0.25) is 0 Å². The zero-order chi connectivity index (χ0) is 9.41. The van der Waals surface area contributed by atoms with Crippen molar-refractivity contribution >= 4 is 5.97 Å². The predicted molar refractivity (Wildman–Crippen MR) is 46.6 cm³/mol. The van der Waals surface area contributed by atoms with E-state index in [1.807, 2.05) is 20.8 Å². The van der Waals surface area contributed by atoms with Gasteiger partial charge >= 0.3 is 5.97 Å². The molecule has 2 N–H and O–H groups in total. The first-order valence-electron chi connectivity index (χ1n) is 4.42. The summed E-state index contributed by atoms with van der Waals surface area (Å²) in [5.41, 5.74) is 4.66. The first kappa shape index (κ1) is 9.52. The first-order chi connectivity index (χ1) is 5.40. The topological polar surface area (TPSA) is 52.3 Å². The summed E-state index contributed by atoms with van der Waals surface area (Å²) in [4.78, 5) is 11.4. The normalized spacial score (nSPS) is 20.3. The summed E-state index contributed by atoms with van der Waals surface area (Å²) in [6, 6.07) is 0. The summed E-state index contributed by atoms with van der Waals surface area (Å²) in [5.74, 6) is -0.241. The molecule has 0 aromatic carbocycles.